The van der Waals surface area contributed by atoms with Gasteiger partial charge < -0.3 is 9.64 Å². The molecule has 0 aliphatic heterocycles. The van der Waals surface area contributed by atoms with E-state index in [1.807, 2.05) is 36.3 Å². The van der Waals surface area contributed by atoms with Gasteiger partial charge in [0, 0.05) is 22.0 Å². The van der Waals surface area contributed by atoms with Gasteiger partial charge in [-0.3, -0.25) is 4.79 Å². The van der Waals surface area contributed by atoms with Crippen molar-refractivity contribution in [3.63, 3.8) is 0 Å². The molecule has 2 aromatic carbocycles. The van der Waals surface area contributed by atoms with Crippen LogP contribution in [0.2, 0.25) is 5.02 Å². The molecule has 0 saturated heterocycles. The summed E-state index contributed by atoms with van der Waals surface area (Å²) in [6.07, 6.45) is 0. The molecule has 0 aliphatic rings. The van der Waals surface area contributed by atoms with Crippen LogP contribution in [0, 0.1) is 13.8 Å². The fraction of sp³-hybridized carbons (Fsp3) is 0.304. The lowest BCUT2D eigenvalue weighted by Gasteiger charge is -2.26. The zero-order valence-electron chi connectivity index (χ0n) is 17.1. The molecule has 6 heteroatoms. The molecule has 0 aliphatic carbocycles. The zero-order chi connectivity index (χ0) is 21.0. The molecule has 0 N–H and O–H groups in total. The van der Waals surface area contributed by atoms with Crippen LogP contribution >= 0.6 is 22.9 Å². The number of nitrogens with zero attached hydrogens (tertiary/aromatic N) is 2. The van der Waals surface area contributed by atoms with Crippen LogP contribution in [-0.2, 0) is 13.2 Å². The van der Waals surface area contributed by atoms with E-state index in [1.54, 1.807) is 35.6 Å². The third-order valence-corrected chi connectivity index (χ3v) is 5.59. The lowest BCUT2D eigenvalue weighted by molar-refractivity contribution is 0.0688. The Bertz CT molecular complexity index is 963. The Kier molecular flexibility index (Phi) is 6.93. The molecule has 0 unspecified atom stereocenters. The number of aromatic nitrogens is 1. The van der Waals surface area contributed by atoms with Gasteiger partial charge in [-0.05, 0) is 75.2 Å². The third kappa shape index (κ3) is 5.81. The Morgan fingerprint density at radius 1 is 1.14 bits per heavy atom. The van der Waals surface area contributed by atoms with Crippen molar-refractivity contribution in [1.82, 2.24) is 9.88 Å². The Morgan fingerprint density at radius 3 is 2.41 bits per heavy atom. The molecule has 29 heavy (non-hydrogen) atoms. The second-order valence-electron chi connectivity index (χ2n) is 7.38. The number of amides is 1. The van der Waals surface area contributed by atoms with Gasteiger partial charge in [-0.15, -0.1) is 11.3 Å². The fourth-order valence-corrected chi connectivity index (χ4v) is 3.89. The summed E-state index contributed by atoms with van der Waals surface area (Å²) in [6.45, 7) is 8.99. The SMILES string of the molecule is Cc1cc(C)cc(OCc2nc(CN(C(=O)c3ccc(Cl)cc3)C(C)C)cs2)c1. The van der Waals surface area contributed by atoms with Crippen molar-refractivity contribution in [3.8, 4) is 5.75 Å². The van der Waals surface area contributed by atoms with Crippen molar-refractivity contribution in [3.05, 3.63) is 80.3 Å². The maximum absolute atomic E-state index is 12.9. The monoisotopic (exact) mass is 428 g/mol. The molecule has 0 radical (unpaired) electrons. The van der Waals surface area contributed by atoms with E-state index in [0.717, 1.165) is 16.5 Å². The lowest BCUT2D eigenvalue weighted by atomic mass is 10.1. The highest BCUT2D eigenvalue weighted by molar-refractivity contribution is 7.09. The summed E-state index contributed by atoms with van der Waals surface area (Å²) in [5, 5.41) is 3.50. The number of ether oxygens (including phenoxy) is 1. The first-order valence-corrected chi connectivity index (χ1v) is 10.8. The summed E-state index contributed by atoms with van der Waals surface area (Å²) in [5.74, 6) is 0.818. The highest BCUT2D eigenvalue weighted by atomic mass is 35.5. The maximum Gasteiger partial charge on any atom is 0.254 e. The van der Waals surface area contributed by atoms with Crippen molar-refractivity contribution < 1.29 is 9.53 Å². The van der Waals surface area contributed by atoms with Crippen LogP contribution in [0.3, 0.4) is 0 Å². The van der Waals surface area contributed by atoms with Crippen molar-refractivity contribution in [2.75, 3.05) is 0 Å². The Labute approximate surface area is 181 Å². The molecule has 4 nitrogen and oxygen atoms in total. The quantitative estimate of drug-likeness (QED) is 0.460. The highest BCUT2D eigenvalue weighted by Crippen LogP contribution is 2.21. The molecule has 152 valence electrons. The van der Waals surface area contributed by atoms with Crippen LogP contribution in [-0.4, -0.2) is 21.8 Å². The van der Waals surface area contributed by atoms with Crippen molar-refractivity contribution >= 4 is 28.8 Å². The van der Waals surface area contributed by atoms with Crippen LogP contribution in [0.4, 0.5) is 0 Å². The molecule has 1 amide bonds. The van der Waals surface area contributed by atoms with E-state index in [0.29, 0.717) is 23.7 Å². The van der Waals surface area contributed by atoms with E-state index in [2.05, 4.69) is 24.9 Å². The minimum Gasteiger partial charge on any atom is -0.486 e. The van der Waals surface area contributed by atoms with E-state index in [9.17, 15) is 4.79 Å². The molecular formula is C23H25ClN2O2S. The van der Waals surface area contributed by atoms with Crippen molar-refractivity contribution in [2.24, 2.45) is 0 Å². The summed E-state index contributed by atoms with van der Waals surface area (Å²) >= 11 is 7.49. The van der Waals surface area contributed by atoms with Gasteiger partial charge in [-0.25, -0.2) is 4.98 Å². The number of carbonyl (C=O) groups is 1. The van der Waals surface area contributed by atoms with Crippen molar-refractivity contribution in [2.45, 2.75) is 46.9 Å². The summed E-state index contributed by atoms with van der Waals surface area (Å²) in [7, 11) is 0. The number of rotatable bonds is 7. The molecular weight excluding hydrogens is 404 g/mol. The van der Waals surface area contributed by atoms with Crippen LogP contribution in [0.25, 0.3) is 0 Å². The maximum atomic E-state index is 12.9. The molecule has 3 aromatic rings. The lowest BCUT2D eigenvalue weighted by Crippen LogP contribution is -2.36. The van der Waals surface area contributed by atoms with Gasteiger partial charge in [0.2, 0.25) is 0 Å². The van der Waals surface area contributed by atoms with Gasteiger partial charge in [0.1, 0.15) is 17.4 Å². The molecule has 1 aromatic heterocycles. The van der Waals surface area contributed by atoms with E-state index >= 15 is 0 Å². The van der Waals surface area contributed by atoms with Crippen LogP contribution in [0.5, 0.6) is 5.75 Å². The first-order valence-electron chi connectivity index (χ1n) is 9.52. The summed E-state index contributed by atoms with van der Waals surface area (Å²) < 4.78 is 5.90. The minimum atomic E-state index is -0.0299. The van der Waals surface area contributed by atoms with Crippen LogP contribution < -0.4 is 4.74 Å². The minimum absolute atomic E-state index is 0.0299. The number of benzene rings is 2. The number of hydrogen-bond donors (Lipinski definition) is 0. The standard InChI is InChI=1S/C23H25ClN2O2S/c1-15(2)26(23(27)18-5-7-19(24)8-6-18)12-20-14-29-22(25-20)13-28-21-10-16(3)9-17(4)11-21/h5-11,14-15H,12-13H2,1-4H3. The third-order valence-electron chi connectivity index (χ3n) is 4.46. The van der Waals surface area contributed by atoms with Gasteiger partial charge in [-0.2, -0.15) is 0 Å². The number of carbonyl (C=O) groups excluding carboxylic acids is 1. The molecule has 0 spiro atoms. The number of thiazole rings is 1. The second-order valence-corrected chi connectivity index (χ2v) is 8.76. The Morgan fingerprint density at radius 2 is 1.79 bits per heavy atom. The molecule has 0 saturated carbocycles. The van der Waals surface area contributed by atoms with E-state index < -0.39 is 0 Å². The Hall–Kier alpha value is -2.37. The molecule has 0 atom stereocenters. The molecule has 1 heterocycles. The average Bonchev–Trinajstić information content (AvgIpc) is 3.11. The molecule has 0 fully saturated rings. The summed E-state index contributed by atoms with van der Waals surface area (Å²) in [4.78, 5) is 19.4. The van der Waals surface area contributed by atoms with Crippen LogP contribution in [0.1, 0.15) is 46.0 Å². The zero-order valence-corrected chi connectivity index (χ0v) is 18.7. The van der Waals surface area contributed by atoms with Crippen molar-refractivity contribution in [1.29, 1.82) is 0 Å². The number of hydrogen-bond acceptors (Lipinski definition) is 4. The van der Waals surface area contributed by atoms with Gasteiger partial charge >= 0.3 is 0 Å². The normalized spacial score (nSPS) is 11.0. The summed E-state index contributed by atoms with van der Waals surface area (Å²) in [5.41, 5.74) is 3.84. The fourth-order valence-electron chi connectivity index (χ4n) is 3.07. The molecule has 0 bridgehead atoms. The molecule has 3 rings (SSSR count). The van der Waals surface area contributed by atoms with Crippen LogP contribution in [0.15, 0.2) is 47.8 Å². The second kappa shape index (κ2) is 9.42. The van der Waals surface area contributed by atoms with Gasteiger partial charge in [-0.1, -0.05) is 17.7 Å². The average molecular weight is 429 g/mol. The first-order chi connectivity index (χ1) is 13.8. The highest BCUT2D eigenvalue weighted by Gasteiger charge is 2.20. The smallest absolute Gasteiger partial charge is 0.254 e. The first kappa shape index (κ1) is 21.3. The predicted molar refractivity (Wildman–Crippen MR) is 119 cm³/mol. The van der Waals surface area contributed by atoms with E-state index in [1.165, 1.54) is 11.1 Å². The predicted octanol–water partition coefficient (Wildman–Crippen LogP) is 6.04. The van der Waals surface area contributed by atoms with E-state index in [4.69, 9.17) is 16.3 Å². The Balaban J connectivity index is 1.66. The number of aryl methyl sites for hydroxylation is 2. The van der Waals surface area contributed by atoms with Gasteiger partial charge in [0.15, 0.2) is 0 Å². The topological polar surface area (TPSA) is 42.4 Å². The summed E-state index contributed by atoms with van der Waals surface area (Å²) in [6, 6.07) is 13.2. The largest absolute Gasteiger partial charge is 0.486 e. The van der Waals surface area contributed by atoms with Gasteiger partial charge in [0.25, 0.3) is 5.91 Å². The van der Waals surface area contributed by atoms with Gasteiger partial charge in [0.05, 0.1) is 12.2 Å². The van der Waals surface area contributed by atoms with E-state index in [-0.39, 0.29) is 11.9 Å². The number of halogens is 1.